The number of nitrogens with two attached hydrogens (primary N) is 1. The summed E-state index contributed by atoms with van der Waals surface area (Å²) in [4.78, 5) is 11.8. The quantitative estimate of drug-likeness (QED) is 0.694. The summed E-state index contributed by atoms with van der Waals surface area (Å²) in [5, 5.41) is 2.95. The van der Waals surface area contributed by atoms with E-state index < -0.39 is 0 Å². The zero-order valence-electron chi connectivity index (χ0n) is 11.2. The van der Waals surface area contributed by atoms with E-state index in [1.165, 1.54) is 24.8 Å². The molecule has 0 saturated heterocycles. The molecule has 1 aromatic rings. The fraction of sp³-hybridized carbons (Fsp3) is 0.533. The summed E-state index contributed by atoms with van der Waals surface area (Å²) in [5.74, 6) is 0.0193. The van der Waals surface area contributed by atoms with E-state index in [4.69, 9.17) is 5.73 Å². The van der Waals surface area contributed by atoms with E-state index in [9.17, 15) is 4.79 Å². The van der Waals surface area contributed by atoms with Gasteiger partial charge in [-0.05, 0) is 37.1 Å². The number of hydrogen-bond donors (Lipinski definition) is 2. The summed E-state index contributed by atoms with van der Waals surface area (Å²) < 4.78 is 0. The zero-order valence-corrected chi connectivity index (χ0v) is 11.2. The molecule has 3 nitrogen and oxygen atoms in total. The van der Waals surface area contributed by atoms with Crippen molar-refractivity contribution in [3.63, 3.8) is 0 Å². The van der Waals surface area contributed by atoms with Crippen LogP contribution in [0.25, 0.3) is 0 Å². The fourth-order valence-electron chi connectivity index (χ4n) is 1.85. The smallest absolute Gasteiger partial charge is 0.251 e. The van der Waals surface area contributed by atoms with Gasteiger partial charge in [0.15, 0.2) is 0 Å². The molecule has 0 radical (unpaired) electrons. The lowest BCUT2D eigenvalue weighted by Gasteiger charge is -2.06. The molecular formula is C15H24N2O. The second-order valence-corrected chi connectivity index (χ2v) is 4.55. The molecule has 1 rings (SSSR count). The largest absolute Gasteiger partial charge is 0.352 e. The average Bonchev–Trinajstić information content (AvgIpc) is 2.39. The van der Waals surface area contributed by atoms with Gasteiger partial charge in [0.1, 0.15) is 0 Å². The molecule has 0 aliphatic carbocycles. The first-order chi connectivity index (χ1) is 8.77. The molecule has 18 heavy (non-hydrogen) atoms. The van der Waals surface area contributed by atoms with Crippen molar-refractivity contribution in [1.82, 2.24) is 5.32 Å². The zero-order chi connectivity index (χ0) is 13.2. The molecule has 3 heteroatoms. The van der Waals surface area contributed by atoms with Gasteiger partial charge in [0.2, 0.25) is 0 Å². The third kappa shape index (κ3) is 5.32. The normalized spacial score (nSPS) is 10.3. The Bertz CT molecular complexity index is 346. The second-order valence-electron chi connectivity index (χ2n) is 4.55. The van der Waals surface area contributed by atoms with Gasteiger partial charge in [-0.1, -0.05) is 38.3 Å². The van der Waals surface area contributed by atoms with Crippen LogP contribution in [-0.4, -0.2) is 19.0 Å². The molecule has 100 valence electrons. The van der Waals surface area contributed by atoms with Crippen LogP contribution in [0, 0.1) is 0 Å². The predicted octanol–water partition coefficient (Wildman–Crippen LogP) is 2.50. The lowest BCUT2D eigenvalue weighted by molar-refractivity contribution is 0.0953. The van der Waals surface area contributed by atoms with Crippen molar-refractivity contribution in [2.45, 2.75) is 39.0 Å². The van der Waals surface area contributed by atoms with Crippen LogP contribution in [-0.2, 0) is 6.42 Å². The monoisotopic (exact) mass is 248 g/mol. The van der Waals surface area contributed by atoms with Gasteiger partial charge in [-0.2, -0.15) is 0 Å². The highest BCUT2D eigenvalue weighted by Crippen LogP contribution is 2.05. The minimum absolute atomic E-state index is 0.0193. The Morgan fingerprint density at radius 1 is 1.17 bits per heavy atom. The summed E-state index contributed by atoms with van der Waals surface area (Å²) in [5.41, 5.74) is 7.39. The Morgan fingerprint density at radius 3 is 2.50 bits per heavy atom. The first-order valence-corrected chi connectivity index (χ1v) is 6.85. The highest BCUT2D eigenvalue weighted by molar-refractivity contribution is 5.94. The number of carbonyl (C=O) groups is 1. The SMILES string of the molecule is CCCCCCNC(=O)c1ccc(CCN)cc1. The Balaban J connectivity index is 2.32. The molecule has 0 heterocycles. The van der Waals surface area contributed by atoms with Gasteiger partial charge in [-0.15, -0.1) is 0 Å². The van der Waals surface area contributed by atoms with Crippen LogP contribution in [0.4, 0.5) is 0 Å². The maximum Gasteiger partial charge on any atom is 0.251 e. The van der Waals surface area contributed by atoms with Crippen molar-refractivity contribution in [1.29, 1.82) is 0 Å². The molecule has 0 spiro atoms. The van der Waals surface area contributed by atoms with Crippen LogP contribution in [0.2, 0.25) is 0 Å². The Labute approximate surface area is 110 Å². The Hall–Kier alpha value is -1.35. The molecule has 0 aliphatic rings. The van der Waals surface area contributed by atoms with Crippen molar-refractivity contribution in [2.24, 2.45) is 5.73 Å². The van der Waals surface area contributed by atoms with Crippen LogP contribution < -0.4 is 11.1 Å². The molecule has 0 aromatic heterocycles. The van der Waals surface area contributed by atoms with Gasteiger partial charge in [0.05, 0.1) is 0 Å². The third-order valence-corrected chi connectivity index (χ3v) is 2.97. The van der Waals surface area contributed by atoms with Crippen LogP contribution in [0.1, 0.15) is 48.5 Å². The topological polar surface area (TPSA) is 55.1 Å². The van der Waals surface area contributed by atoms with Gasteiger partial charge < -0.3 is 11.1 Å². The number of amides is 1. The summed E-state index contributed by atoms with van der Waals surface area (Å²) >= 11 is 0. The van der Waals surface area contributed by atoms with Crippen LogP contribution in [0.15, 0.2) is 24.3 Å². The molecule has 0 saturated carbocycles. The molecular weight excluding hydrogens is 224 g/mol. The number of rotatable bonds is 8. The van der Waals surface area contributed by atoms with E-state index in [-0.39, 0.29) is 5.91 Å². The molecule has 0 fully saturated rings. The highest BCUT2D eigenvalue weighted by Gasteiger charge is 2.04. The summed E-state index contributed by atoms with van der Waals surface area (Å²) in [6.07, 6.45) is 5.57. The summed E-state index contributed by atoms with van der Waals surface area (Å²) in [6, 6.07) is 7.68. The molecule has 0 atom stereocenters. The number of unbranched alkanes of at least 4 members (excludes halogenated alkanes) is 3. The number of carbonyl (C=O) groups excluding carboxylic acids is 1. The van der Waals surface area contributed by atoms with E-state index in [0.717, 1.165) is 24.9 Å². The van der Waals surface area contributed by atoms with Crippen molar-refractivity contribution >= 4 is 5.91 Å². The standard InChI is InChI=1S/C15H24N2O/c1-2-3-4-5-12-17-15(18)14-8-6-13(7-9-14)10-11-16/h6-9H,2-5,10-12,16H2,1H3,(H,17,18). The van der Waals surface area contributed by atoms with E-state index >= 15 is 0 Å². The van der Waals surface area contributed by atoms with Gasteiger partial charge >= 0.3 is 0 Å². The van der Waals surface area contributed by atoms with E-state index in [2.05, 4.69) is 12.2 Å². The Kier molecular flexibility index (Phi) is 7.11. The van der Waals surface area contributed by atoms with Crippen molar-refractivity contribution in [3.05, 3.63) is 35.4 Å². The maximum atomic E-state index is 11.8. The van der Waals surface area contributed by atoms with Gasteiger partial charge in [0.25, 0.3) is 5.91 Å². The van der Waals surface area contributed by atoms with Crippen molar-refractivity contribution in [3.8, 4) is 0 Å². The number of benzene rings is 1. The molecule has 1 aromatic carbocycles. The second kappa shape index (κ2) is 8.70. The molecule has 0 aliphatic heterocycles. The Morgan fingerprint density at radius 2 is 1.89 bits per heavy atom. The fourth-order valence-corrected chi connectivity index (χ4v) is 1.85. The van der Waals surface area contributed by atoms with Gasteiger partial charge in [-0.3, -0.25) is 4.79 Å². The minimum atomic E-state index is 0.0193. The van der Waals surface area contributed by atoms with E-state index in [0.29, 0.717) is 6.54 Å². The van der Waals surface area contributed by atoms with Crippen LogP contribution in [0.5, 0.6) is 0 Å². The van der Waals surface area contributed by atoms with Crippen molar-refractivity contribution in [2.75, 3.05) is 13.1 Å². The lowest BCUT2D eigenvalue weighted by Crippen LogP contribution is -2.24. The lowest BCUT2D eigenvalue weighted by atomic mass is 10.1. The van der Waals surface area contributed by atoms with E-state index in [1.54, 1.807) is 0 Å². The maximum absolute atomic E-state index is 11.8. The summed E-state index contributed by atoms with van der Waals surface area (Å²) in [6.45, 7) is 3.59. The number of nitrogens with one attached hydrogen (secondary N) is 1. The third-order valence-electron chi connectivity index (χ3n) is 2.97. The first-order valence-electron chi connectivity index (χ1n) is 6.85. The molecule has 0 unspecified atom stereocenters. The summed E-state index contributed by atoms with van der Waals surface area (Å²) in [7, 11) is 0. The van der Waals surface area contributed by atoms with Crippen LogP contribution in [0.3, 0.4) is 0 Å². The number of hydrogen-bond acceptors (Lipinski definition) is 2. The minimum Gasteiger partial charge on any atom is -0.352 e. The molecule has 0 bridgehead atoms. The van der Waals surface area contributed by atoms with Gasteiger partial charge in [-0.25, -0.2) is 0 Å². The molecule has 3 N–H and O–H groups in total. The van der Waals surface area contributed by atoms with E-state index in [1.807, 2.05) is 24.3 Å². The molecule has 1 amide bonds. The predicted molar refractivity (Wildman–Crippen MR) is 75.7 cm³/mol. The van der Waals surface area contributed by atoms with Crippen molar-refractivity contribution < 1.29 is 4.79 Å². The first kappa shape index (κ1) is 14.7. The highest BCUT2D eigenvalue weighted by atomic mass is 16.1. The van der Waals surface area contributed by atoms with Gasteiger partial charge in [0, 0.05) is 12.1 Å². The van der Waals surface area contributed by atoms with Crippen LogP contribution >= 0.6 is 0 Å². The average molecular weight is 248 g/mol.